The van der Waals surface area contributed by atoms with Crippen LogP contribution in [0.15, 0.2) is 42.5 Å². The van der Waals surface area contributed by atoms with Crippen molar-refractivity contribution in [3.63, 3.8) is 0 Å². The molecule has 0 spiro atoms. The number of ketones is 1. The molecule has 0 aliphatic heterocycles. The second-order valence-electron chi connectivity index (χ2n) is 4.43. The Labute approximate surface area is 115 Å². The first-order valence-corrected chi connectivity index (χ1v) is 6.49. The van der Waals surface area contributed by atoms with Crippen molar-refractivity contribution < 1.29 is 4.79 Å². The van der Waals surface area contributed by atoms with E-state index in [4.69, 9.17) is 23.2 Å². The van der Waals surface area contributed by atoms with Crippen LogP contribution in [0.1, 0.15) is 33.8 Å². The lowest BCUT2D eigenvalue weighted by Crippen LogP contribution is -1.97. The number of hydrogen-bond acceptors (Lipinski definition) is 1. The minimum absolute atomic E-state index is 0.0541. The van der Waals surface area contributed by atoms with E-state index in [1.54, 1.807) is 6.07 Å². The third-order valence-electron chi connectivity index (χ3n) is 3.36. The normalized spacial score (nSPS) is 17.9. The Morgan fingerprint density at radius 2 is 1.78 bits per heavy atom. The van der Waals surface area contributed by atoms with E-state index >= 15 is 0 Å². The van der Waals surface area contributed by atoms with E-state index in [-0.39, 0.29) is 11.7 Å². The maximum atomic E-state index is 12.0. The van der Waals surface area contributed by atoms with E-state index in [1.165, 1.54) is 0 Å². The lowest BCUT2D eigenvalue weighted by atomic mass is 9.93. The smallest absolute Gasteiger partial charge is 0.164 e. The molecule has 0 saturated carbocycles. The molecule has 1 nitrogen and oxygen atoms in total. The van der Waals surface area contributed by atoms with Crippen LogP contribution in [-0.2, 0) is 0 Å². The average Bonchev–Trinajstić information content (AvgIpc) is 2.68. The van der Waals surface area contributed by atoms with Gasteiger partial charge in [0, 0.05) is 27.9 Å². The van der Waals surface area contributed by atoms with Crippen LogP contribution >= 0.6 is 23.2 Å². The molecular weight excluding hydrogens is 267 g/mol. The second kappa shape index (κ2) is 4.42. The third kappa shape index (κ3) is 1.84. The quantitative estimate of drug-likeness (QED) is 0.737. The fraction of sp³-hybridized carbons (Fsp3) is 0.133. The molecule has 90 valence electrons. The SMILES string of the molecule is O=C1C[C@H](c2ccc(Cl)cc2Cl)c2ccccc21. The monoisotopic (exact) mass is 276 g/mol. The Morgan fingerprint density at radius 1 is 1.00 bits per heavy atom. The van der Waals surface area contributed by atoms with Crippen LogP contribution in [0.3, 0.4) is 0 Å². The number of fused-ring (bicyclic) bond motifs is 1. The molecule has 0 heterocycles. The summed E-state index contributed by atoms with van der Waals surface area (Å²) in [5.41, 5.74) is 2.85. The lowest BCUT2D eigenvalue weighted by Gasteiger charge is -2.13. The zero-order chi connectivity index (χ0) is 12.7. The van der Waals surface area contributed by atoms with Crippen molar-refractivity contribution >= 4 is 29.0 Å². The van der Waals surface area contributed by atoms with E-state index in [2.05, 4.69) is 0 Å². The van der Waals surface area contributed by atoms with Gasteiger partial charge in [0.25, 0.3) is 0 Å². The summed E-state index contributed by atoms with van der Waals surface area (Å²) in [7, 11) is 0. The molecule has 18 heavy (non-hydrogen) atoms. The van der Waals surface area contributed by atoms with Crippen LogP contribution in [0.5, 0.6) is 0 Å². The van der Waals surface area contributed by atoms with Crippen LogP contribution in [0.2, 0.25) is 10.0 Å². The zero-order valence-corrected chi connectivity index (χ0v) is 11.0. The topological polar surface area (TPSA) is 17.1 Å². The number of carbonyl (C=O) groups is 1. The highest BCUT2D eigenvalue weighted by Gasteiger charge is 2.31. The fourth-order valence-electron chi connectivity index (χ4n) is 2.52. The minimum atomic E-state index is 0.0541. The number of halogens is 2. The first-order valence-electron chi connectivity index (χ1n) is 5.74. The van der Waals surface area contributed by atoms with Crippen LogP contribution in [0.25, 0.3) is 0 Å². The standard InChI is InChI=1S/C15H10Cl2O/c16-9-5-6-11(14(17)7-9)13-8-15(18)12-4-2-1-3-10(12)13/h1-7,13H,8H2/t13-/m0/s1. The predicted molar refractivity (Wildman–Crippen MR) is 73.7 cm³/mol. The van der Waals surface area contributed by atoms with Crippen molar-refractivity contribution in [1.82, 2.24) is 0 Å². The molecule has 0 bridgehead atoms. The van der Waals surface area contributed by atoms with E-state index in [9.17, 15) is 4.79 Å². The van der Waals surface area contributed by atoms with E-state index in [0.29, 0.717) is 16.5 Å². The molecule has 0 unspecified atom stereocenters. The van der Waals surface area contributed by atoms with Gasteiger partial charge >= 0.3 is 0 Å². The van der Waals surface area contributed by atoms with Gasteiger partial charge in [-0.25, -0.2) is 0 Å². The zero-order valence-electron chi connectivity index (χ0n) is 9.49. The average molecular weight is 277 g/mol. The van der Waals surface area contributed by atoms with Gasteiger partial charge in [-0.15, -0.1) is 0 Å². The molecule has 2 aromatic rings. The highest BCUT2D eigenvalue weighted by atomic mass is 35.5. The van der Waals surface area contributed by atoms with Gasteiger partial charge in [0.15, 0.2) is 5.78 Å². The van der Waals surface area contributed by atoms with Crippen LogP contribution in [-0.4, -0.2) is 5.78 Å². The fourth-order valence-corrected chi connectivity index (χ4v) is 3.06. The Kier molecular flexibility index (Phi) is 2.89. The summed E-state index contributed by atoms with van der Waals surface area (Å²) in [6.07, 6.45) is 0.487. The first kappa shape index (κ1) is 11.8. The van der Waals surface area contributed by atoms with E-state index in [1.807, 2.05) is 36.4 Å². The first-order chi connectivity index (χ1) is 8.66. The van der Waals surface area contributed by atoms with E-state index in [0.717, 1.165) is 16.7 Å². The van der Waals surface area contributed by atoms with Crippen molar-refractivity contribution in [2.45, 2.75) is 12.3 Å². The van der Waals surface area contributed by atoms with Crippen LogP contribution in [0, 0.1) is 0 Å². The summed E-state index contributed by atoms with van der Waals surface area (Å²) in [5, 5.41) is 1.23. The Morgan fingerprint density at radius 3 is 2.56 bits per heavy atom. The van der Waals surface area contributed by atoms with Gasteiger partial charge in [-0.05, 0) is 23.3 Å². The molecule has 2 aromatic carbocycles. The predicted octanol–water partition coefficient (Wildman–Crippen LogP) is 4.71. The van der Waals surface area contributed by atoms with Gasteiger partial charge in [-0.1, -0.05) is 53.5 Å². The molecule has 0 amide bonds. The van der Waals surface area contributed by atoms with Gasteiger partial charge in [0.1, 0.15) is 0 Å². The van der Waals surface area contributed by atoms with Gasteiger partial charge in [0.05, 0.1) is 0 Å². The van der Waals surface area contributed by atoms with Crippen molar-refractivity contribution in [2.24, 2.45) is 0 Å². The van der Waals surface area contributed by atoms with Crippen molar-refractivity contribution in [3.05, 3.63) is 69.2 Å². The number of rotatable bonds is 1. The van der Waals surface area contributed by atoms with Crippen LogP contribution in [0.4, 0.5) is 0 Å². The summed E-state index contributed by atoms with van der Waals surface area (Å²) in [5.74, 6) is 0.236. The molecular formula is C15H10Cl2O. The molecule has 1 atom stereocenters. The number of carbonyl (C=O) groups excluding carboxylic acids is 1. The Hall–Kier alpha value is -1.31. The molecule has 0 saturated heterocycles. The Balaban J connectivity index is 2.12. The van der Waals surface area contributed by atoms with Gasteiger partial charge in [0.2, 0.25) is 0 Å². The van der Waals surface area contributed by atoms with Crippen molar-refractivity contribution in [1.29, 1.82) is 0 Å². The summed E-state index contributed by atoms with van der Waals surface area (Å²) in [6.45, 7) is 0. The van der Waals surface area contributed by atoms with Crippen LogP contribution < -0.4 is 0 Å². The molecule has 3 rings (SSSR count). The summed E-state index contributed by atoms with van der Waals surface area (Å²) in [4.78, 5) is 12.0. The highest BCUT2D eigenvalue weighted by molar-refractivity contribution is 6.35. The maximum absolute atomic E-state index is 12.0. The molecule has 0 N–H and O–H groups in total. The molecule has 0 fully saturated rings. The second-order valence-corrected chi connectivity index (χ2v) is 5.28. The highest BCUT2D eigenvalue weighted by Crippen LogP contribution is 2.41. The van der Waals surface area contributed by atoms with Crippen molar-refractivity contribution in [3.8, 4) is 0 Å². The molecule has 3 heteroatoms. The molecule has 1 aliphatic carbocycles. The maximum Gasteiger partial charge on any atom is 0.164 e. The summed E-state index contributed by atoms with van der Waals surface area (Å²) < 4.78 is 0. The molecule has 0 aromatic heterocycles. The lowest BCUT2D eigenvalue weighted by molar-refractivity contribution is 0.0991. The van der Waals surface area contributed by atoms with Gasteiger partial charge < -0.3 is 0 Å². The summed E-state index contributed by atoms with van der Waals surface area (Å²) in [6, 6.07) is 13.2. The Bertz CT molecular complexity index is 634. The van der Waals surface area contributed by atoms with Gasteiger partial charge in [-0.2, -0.15) is 0 Å². The largest absolute Gasteiger partial charge is 0.294 e. The summed E-state index contributed by atoms with van der Waals surface area (Å²) >= 11 is 12.1. The van der Waals surface area contributed by atoms with Crippen molar-refractivity contribution in [2.75, 3.05) is 0 Å². The van der Waals surface area contributed by atoms with Gasteiger partial charge in [-0.3, -0.25) is 4.79 Å². The molecule has 1 aliphatic rings. The third-order valence-corrected chi connectivity index (χ3v) is 3.93. The van der Waals surface area contributed by atoms with E-state index < -0.39 is 0 Å². The number of benzene rings is 2. The number of hydrogen-bond donors (Lipinski definition) is 0. The minimum Gasteiger partial charge on any atom is -0.294 e. The number of Topliss-reactive ketones (excluding diaryl/α,β-unsaturated/α-hetero) is 1. The molecule has 0 radical (unpaired) electrons.